The SMILES string of the molecule is C/C(=C\CO)OS(=O)(=O)C(F)(F)F. The lowest BCUT2D eigenvalue weighted by molar-refractivity contribution is -0.0522. The molecule has 0 aromatic heterocycles. The fraction of sp³-hybridized carbons (Fsp3) is 0.600. The van der Waals surface area contributed by atoms with Crippen molar-refractivity contribution in [3.63, 3.8) is 0 Å². The van der Waals surface area contributed by atoms with Gasteiger partial charge in [0.25, 0.3) is 0 Å². The fourth-order valence-electron chi connectivity index (χ4n) is 0.383. The average Bonchev–Trinajstić information content (AvgIpc) is 1.83. The summed E-state index contributed by atoms with van der Waals surface area (Å²) in [5.74, 6) is -0.528. The van der Waals surface area contributed by atoms with Crippen LogP contribution >= 0.6 is 0 Å². The molecule has 0 spiro atoms. The smallest absolute Gasteiger partial charge is 0.392 e. The first kappa shape index (κ1) is 12.2. The third-order valence-corrected chi connectivity index (χ3v) is 1.95. The molecule has 0 bridgehead atoms. The van der Waals surface area contributed by atoms with Crippen LogP contribution in [0, 0.1) is 0 Å². The summed E-state index contributed by atoms with van der Waals surface area (Å²) >= 11 is 0. The van der Waals surface area contributed by atoms with Gasteiger partial charge in [0.15, 0.2) is 0 Å². The summed E-state index contributed by atoms with van der Waals surface area (Å²) in [5, 5.41) is 8.20. The molecule has 0 rings (SSSR count). The number of allylic oxidation sites excluding steroid dienone is 1. The number of hydrogen-bond acceptors (Lipinski definition) is 4. The minimum absolute atomic E-state index is 0.528. The fourth-order valence-corrected chi connectivity index (χ4v) is 0.891. The largest absolute Gasteiger partial charge is 0.534 e. The minimum Gasteiger partial charge on any atom is -0.392 e. The molecule has 0 aromatic rings. The molecular weight excluding hydrogens is 213 g/mol. The van der Waals surface area contributed by atoms with Gasteiger partial charge in [0.2, 0.25) is 0 Å². The van der Waals surface area contributed by atoms with Crippen molar-refractivity contribution in [1.82, 2.24) is 0 Å². The standard InChI is InChI=1S/C5H7F3O4S/c1-4(2-3-9)12-13(10,11)5(6,7)8/h2,9H,3H2,1H3/b4-2+. The van der Waals surface area contributed by atoms with Crippen LogP contribution in [0.3, 0.4) is 0 Å². The van der Waals surface area contributed by atoms with E-state index in [1.807, 2.05) is 0 Å². The van der Waals surface area contributed by atoms with E-state index in [9.17, 15) is 21.6 Å². The van der Waals surface area contributed by atoms with Crippen LogP contribution in [-0.2, 0) is 14.3 Å². The monoisotopic (exact) mass is 220 g/mol. The van der Waals surface area contributed by atoms with Crippen molar-refractivity contribution in [1.29, 1.82) is 0 Å². The van der Waals surface area contributed by atoms with Gasteiger partial charge < -0.3 is 9.29 Å². The molecule has 1 N–H and O–H groups in total. The van der Waals surface area contributed by atoms with E-state index in [4.69, 9.17) is 5.11 Å². The second-order valence-electron chi connectivity index (χ2n) is 1.98. The topological polar surface area (TPSA) is 63.6 Å². The van der Waals surface area contributed by atoms with Crippen LogP contribution in [0.25, 0.3) is 0 Å². The molecule has 0 aromatic carbocycles. The Balaban J connectivity index is 4.64. The zero-order chi connectivity index (χ0) is 10.7. The van der Waals surface area contributed by atoms with Crippen LogP contribution in [0.5, 0.6) is 0 Å². The maximum atomic E-state index is 11.6. The van der Waals surface area contributed by atoms with E-state index in [0.29, 0.717) is 0 Å². The molecule has 0 fully saturated rings. The second-order valence-corrected chi connectivity index (χ2v) is 3.52. The molecule has 4 nitrogen and oxygen atoms in total. The highest BCUT2D eigenvalue weighted by molar-refractivity contribution is 7.87. The molecule has 0 unspecified atom stereocenters. The summed E-state index contributed by atoms with van der Waals surface area (Å²) < 4.78 is 59.0. The molecule has 0 saturated carbocycles. The van der Waals surface area contributed by atoms with E-state index in [-0.39, 0.29) is 0 Å². The van der Waals surface area contributed by atoms with Gasteiger partial charge >= 0.3 is 15.6 Å². The van der Waals surface area contributed by atoms with Gasteiger partial charge in [-0.05, 0) is 13.0 Å². The van der Waals surface area contributed by atoms with E-state index >= 15 is 0 Å². The highest BCUT2D eigenvalue weighted by atomic mass is 32.2. The van der Waals surface area contributed by atoms with Crippen molar-refractivity contribution in [2.75, 3.05) is 6.61 Å². The van der Waals surface area contributed by atoms with Crippen LogP contribution in [0.4, 0.5) is 13.2 Å². The Hall–Kier alpha value is -0.760. The Morgan fingerprint density at radius 3 is 2.31 bits per heavy atom. The first-order valence-electron chi connectivity index (χ1n) is 2.99. The van der Waals surface area contributed by atoms with Gasteiger partial charge in [0, 0.05) is 0 Å². The van der Waals surface area contributed by atoms with Crippen molar-refractivity contribution in [2.45, 2.75) is 12.4 Å². The zero-order valence-corrected chi connectivity index (χ0v) is 7.32. The number of hydrogen-bond donors (Lipinski definition) is 1. The maximum absolute atomic E-state index is 11.6. The Bertz CT molecular complexity index is 289. The molecule has 78 valence electrons. The van der Waals surface area contributed by atoms with Crippen LogP contribution < -0.4 is 0 Å². The lowest BCUT2D eigenvalue weighted by Crippen LogP contribution is -2.24. The van der Waals surface area contributed by atoms with Gasteiger partial charge in [0.05, 0.1) is 6.61 Å². The van der Waals surface area contributed by atoms with Gasteiger partial charge in [-0.25, -0.2) is 0 Å². The van der Waals surface area contributed by atoms with Crippen molar-refractivity contribution >= 4 is 10.1 Å². The Kier molecular flexibility index (Phi) is 3.73. The van der Waals surface area contributed by atoms with E-state index < -0.39 is 28.0 Å². The number of aliphatic hydroxyl groups excluding tert-OH is 1. The summed E-state index contributed by atoms with van der Waals surface area (Å²) in [4.78, 5) is 0. The predicted octanol–water partition coefficient (Wildman–Crippen LogP) is 0.749. The van der Waals surface area contributed by atoms with Crippen LogP contribution in [-0.4, -0.2) is 25.6 Å². The lowest BCUT2D eigenvalue weighted by atomic mass is 10.5. The summed E-state index contributed by atoms with van der Waals surface area (Å²) in [7, 11) is -5.60. The van der Waals surface area contributed by atoms with Crippen molar-refractivity contribution in [3.05, 3.63) is 11.8 Å². The van der Waals surface area contributed by atoms with Gasteiger partial charge in [-0.1, -0.05) is 0 Å². The molecular formula is C5H7F3O4S. The first-order chi connectivity index (χ1) is 5.70. The number of alkyl halides is 3. The van der Waals surface area contributed by atoms with E-state index in [2.05, 4.69) is 4.18 Å². The van der Waals surface area contributed by atoms with Gasteiger partial charge in [-0.15, -0.1) is 0 Å². The summed E-state index contributed by atoms with van der Waals surface area (Å²) in [6.07, 6.45) is 0.795. The molecule has 8 heteroatoms. The molecule has 0 atom stereocenters. The second kappa shape index (κ2) is 3.97. The summed E-state index contributed by atoms with van der Waals surface area (Å²) in [5.41, 5.74) is -5.45. The molecule has 0 saturated heterocycles. The molecule has 0 aliphatic heterocycles. The molecule has 0 heterocycles. The molecule has 13 heavy (non-hydrogen) atoms. The van der Waals surface area contributed by atoms with Crippen LogP contribution in [0.1, 0.15) is 6.92 Å². The highest BCUT2D eigenvalue weighted by Gasteiger charge is 2.48. The maximum Gasteiger partial charge on any atom is 0.534 e. The van der Waals surface area contributed by atoms with Gasteiger partial charge in [-0.2, -0.15) is 21.6 Å². The molecule has 0 radical (unpaired) electrons. The lowest BCUT2D eigenvalue weighted by Gasteiger charge is -2.08. The Labute approximate surface area is 72.7 Å². The zero-order valence-electron chi connectivity index (χ0n) is 6.50. The third-order valence-electron chi connectivity index (χ3n) is 0.903. The minimum atomic E-state index is -5.60. The number of aliphatic hydroxyl groups is 1. The Morgan fingerprint density at radius 2 is 2.00 bits per heavy atom. The average molecular weight is 220 g/mol. The molecule has 0 aliphatic rings. The third kappa shape index (κ3) is 3.64. The Morgan fingerprint density at radius 1 is 1.54 bits per heavy atom. The number of rotatable bonds is 3. The van der Waals surface area contributed by atoms with Crippen LogP contribution in [0.2, 0.25) is 0 Å². The first-order valence-corrected chi connectivity index (χ1v) is 4.40. The van der Waals surface area contributed by atoms with Crippen molar-refractivity contribution in [2.24, 2.45) is 0 Å². The summed E-state index contributed by atoms with van der Waals surface area (Å²) in [6, 6.07) is 0. The van der Waals surface area contributed by atoms with Gasteiger partial charge in [0.1, 0.15) is 5.76 Å². The highest BCUT2D eigenvalue weighted by Crippen LogP contribution is 2.26. The predicted molar refractivity (Wildman–Crippen MR) is 36.9 cm³/mol. The van der Waals surface area contributed by atoms with E-state index in [1.165, 1.54) is 0 Å². The quantitative estimate of drug-likeness (QED) is 0.433. The molecule has 0 aliphatic carbocycles. The normalized spacial score (nSPS) is 14.4. The summed E-state index contributed by atoms with van der Waals surface area (Å²) in [6.45, 7) is 0.388. The van der Waals surface area contributed by atoms with Crippen molar-refractivity contribution < 1.29 is 30.9 Å². The van der Waals surface area contributed by atoms with Crippen molar-refractivity contribution in [3.8, 4) is 0 Å². The molecule has 0 amide bonds. The van der Waals surface area contributed by atoms with Gasteiger partial charge in [-0.3, -0.25) is 0 Å². The van der Waals surface area contributed by atoms with E-state index in [1.54, 1.807) is 0 Å². The van der Waals surface area contributed by atoms with E-state index in [0.717, 1.165) is 13.0 Å². The number of halogens is 3. The van der Waals surface area contributed by atoms with Crippen LogP contribution in [0.15, 0.2) is 11.8 Å².